The van der Waals surface area contributed by atoms with E-state index in [0.717, 1.165) is 37.7 Å². The fourth-order valence-corrected chi connectivity index (χ4v) is 4.21. The number of aromatic nitrogens is 2. The van der Waals surface area contributed by atoms with E-state index in [-0.39, 0.29) is 23.8 Å². The first-order valence-electron chi connectivity index (χ1n) is 10.7. The Morgan fingerprint density at radius 2 is 1.81 bits per heavy atom. The van der Waals surface area contributed by atoms with Crippen LogP contribution in [-0.4, -0.2) is 46.6 Å². The van der Waals surface area contributed by atoms with Crippen LogP contribution >= 0.6 is 0 Å². The molecule has 2 saturated heterocycles. The summed E-state index contributed by atoms with van der Waals surface area (Å²) in [6, 6.07) is 9.67. The van der Waals surface area contributed by atoms with Crippen molar-refractivity contribution in [1.82, 2.24) is 14.9 Å². The number of hydrogen-bond donors (Lipinski definition) is 1. The molecule has 2 aromatic rings. The molecule has 6 nitrogen and oxygen atoms in total. The Kier molecular flexibility index (Phi) is 6.34. The maximum absolute atomic E-state index is 13.8. The van der Waals surface area contributed by atoms with Crippen LogP contribution in [0.4, 0.5) is 24.9 Å². The molecule has 0 spiro atoms. The Labute approximate surface area is 180 Å². The highest BCUT2D eigenvalue weighted by atomic mass is 19.4. The van der Waals surface area contributed by atoms with Gasteiger partial charge in [-0.3, -0.25) is 4.84 Å². The van der Waals surface area contributed by atoms with Gasteiger partial charge in [-0.15, -0.1) is 0 Å². The van der Waals surface area contributed by atoms with E-state index in [1.54, 1.807) is 0 Å². The monoisotopic (exact) mass is 435 g/mol. The van der Waals surface area contributed by atoms with E-state index in [1.807, 2.05) is 30.3 Å². The molecule has 0 saturated carbocycles. The van der Waals surface area contributed by atoms with Gasteiger partial charge in [-0.25, -0.2) is 10.0 Å². The van der Waals surface area contributed by atoms with E-state index in [4.69, 9.17) is 4.84 Å². The average molecular weight is 435 g/mol. The Balaban J connectivity index is 1.59. The number of nitrogens with zero attached hydrogens (tertiary/aromatic N) is 4. The number of rotatable bonds is 5. The smallest absolute Gasteiger partial charge is 0.351 e. The maximum atomic E-state index is 13.8. The second-order valence-electron chi connectivity index (χ2n) is 8.35. The van der Waals surface area contributed by atoms with Crippen LogP contribution in [0.25, 0.3) is 0 Å². The normalized spacial score (nSPS) is 21.1. The number of alkyl halides is 3. The lowest BCUT2D eigenvalue weighted by atomic mass is 10.0. The van der Waals surface area contributed by atoms with Crippen LogP contribution in [-0.2, 0) is 11.0 Å². The van der Waals surface area contributed by atoms with Crippen LogP contribution in [0.3, 0.4) is 0 Å². The molecule has 1 aromatic carbocycles. The molecule has 0 aliphatic carbocycles. The van der Waals surface area contributed by atoms with Gasteiger partial charge in [0.05, 0.1) is 12.6 Å². The molecule has 4 rings (SSSR count). The van der Waals surface area contributed by atoms with Gasteiger partial charge in [0.1, 0.15) is 5.56 Å². The molecular weight excluding hydrogens is 407 g/mol. The van der Waals surface area contributed by atoms with Gasteiger partial charge in [0, 0.05) is 37.8 Å². The van der Waals surface area contributed by atoms with Gasteiger partial charge in [0.2, 0.25) is 5.95 Å². The molecule has 1 atom stereocenters. The molecule has 1 aromatic heterocycles. The predicted molar refractivity (Wildman–Crippen MR) is 113 cm³/mol. The number of benzene rings is 1. The average Bonchev–Trinajstić information content (AvgIpc) is 3.24. The van der Waals surface area contributed by atoms with E-state index in [0.29, 0.717) is 19.1 Å². The molecular formula is C22H28F3N5O. The topological polar surface area (TPSA) is 53.5 Å². The summed E-state index contributed by atoms with van der Waals surface area (Å²) in [4.78, 5) is 16.3. The van der Waals surface area contributed by atoms with E-state index in [1.165, 1.54) is 5.06 Å². The summed E-state index contributed by atoms with van der Waals surface area (Å²) in [5.41, 5.74) is -0.00203. The third-order valence-electron chi connectivity index (χ3n) is 5.96. The van der Waals surface area contributed by atoms with Gasteiger partial charge >= 0.3 is 6.18 Å². The standard InChI is InChI=1S/C22H28F3N5O/c1-15(2)29-11-8-17(9-12-29)27-21-26-14-18(22(23,24)25)20(28-21)30-19(10-13-31-30)16-6-4-3-5-7-16/h3-7,14-15,17,19H,8-13H2,1-2H3,(H,26,27,28)/t19-/m0/s1. The Morgan fingerprint density at radius 3 is 2.45 bits per heavy atom. The Morgan fingerprint density at radius 1 is 1.10 bits per heavy atom. The second kappa shape index (κ2) is 9.00. The van der Waals surface area contributed by atoms with E-state index < -0.39 is 11.7 Å². The first kappa shape index (κ1) is 21.8. The highest BCUT2D eigenvalue weighted by Gasteiger charge is 2.40. The molecule has 2 aliphatic heterocycles. The van der Waals surface area contributed by atoms with Crippen molar-refractivity contribution in [1.29, 1.82) is 0 Å². The Bertz CT molecular complexity index is 869. The maximum Gasteiger partial charge on any atom is 0.421 e. The number of likely N-dealkylation sites (tertiary alicyclic amines) is 1. The SMILES string of the molecule is CC(C)N1CCC(Nc2ncc(C(F)(F)F)c(N3OCC[C@H]3c3ccccc3)n2)CC1. The lowest BCUT2D eigenvalue weighted by Gasteiger charge is -2.35. The van der Waals surface area contributed by atoms with Crippen molar-refractivity contribution in [2.24, 2.45) is 0 Å². The second-order valence-corrected chi connectivity index (χ2v) is 8.35. The molecule has 0 bridgehead atoms. The summed E-state index contributed by atoms with van der Waals surface area (Å²) in [5.74, 6) is -0.0377. The first-order valence-corrected chi connectivity index (χ1v) is 10.7. The van der Waals surface area contributed by atoms with E-state index in [9.17, 15) is 13.2 Å². The minimum Gasteiger partial charge on any atom is -0.351 e. The largest absolute Gasteiger partial charge is 0.421 e. The van der Waals surface area contributed by atoms with Crippen molar-refractivity contribution in [3.63, 3.8) is 0 Å². The summed E-state index contributed by atoms with van der Waals surface area (Å²) in [7, 11) is 0. The van der Waals surface area contributed by atoms with Crippen LogP contribution in [0.1, 0.15) is 50.3 Å². The molecule has 2 fully saturated rings. The molecule has 0 amide bonds. The van der Waals surface area contributed by atoms with Crippen molar-refractivity contribution in [2.45, 2.75) is 57.4 Å². The third kappa shape index (κ3) is 4.93. The van der Waals surface area contributed by atoms with Crippen molar-refractivity contribution in [3.8, 4) is 0 Å². The van der Waals surface area contributed by atoms with Crippen LogP contribution in [0, 0.1) is 0 Å². The lowest BCUT2D eigenvalue weighted by Crippen LogP contribution is -2.42. The van der Waals surface area contributed by atoms with Gasteiger partial charge in [-0.05, 0) is 32.3 Å². The molecule has 0 unspecified atom stereocenters. The summed E-state index contributed by atoms with van der Waals surface area (Å²) in [6.45, 7) is 6.54. The quantitative estimate of drug-likeness (QED) is 0.737. The lowest BCUT2D eigenvalue weighted by molar-refractivity contribution is -0.138. The summed E-state index contributed by atoms with van der Waals surface area (Å²) >= 11 is 0. The molecule has 31 heavy (non-hydrogen) atoms. The Hall–Kier alpha value is -2.39. The van der Waals surface area contributed by atoms with Crippen molar-refractivity contribution in [2.75, 3.05) is 30.1 Å². The van der Waals surface area contributed by atoms with Gasteiger partial charge in [-0.1, -0.05) is 30.3 Å². The molecule has 168 valence electrons. The number of piperidine rings is 1. The highest BCUT2D eigenvalue weighted by Crippen LogP contribution is 2.41. The summed E-state index contributed by atoms with van der Waals surface area (Å²) < 4.78 is 41.3. The van der Waals surface area contributed by atoms with Gasteiger partial charge in [0.25, 0.3) is 0 Å². The van der Waals surface area contributed by atoms with Crippen LogP contribution in [0.15, 0.2) is 36.5 Å². The number of hydrogen-bond acceptors (Lipinski definition) is 6. The summed E-state index contributed by atoms with van der Waals surface area (Å²) in [6.07, 6.45) is -1.35. The zero-order valence-electron chi connectivity index (χ0n) is 17.8. The number of halogens is 3. The highest BCUT2D eigenvalue weighted by molar-refractivity contribution is 5.51. The third-order valence-corrected chi connectivity index (χ3v) is 5.96. The fraction of sp³-hybridized carbons (Fsp3) is 0.545. The minimum atomic E-state index is -4.58. The molecule has 9 heteroatoms. The van der Waals surface area contributed by atoms with Crippen molar-refractivity contribution >= 4 is 11.8 Å². The van der Waals surface area contributed by atoms with E-state index in [2.05, 4.69) is 34.0 Å². The predicted octanol–water partition coefficient (Wildman–Crippen LogP) is 4.66. The van der Waals surface area contributed by atoms with Gasteiger partial charge in [0.15, 0.2) is 5.82 Å². The minimum absolute atomic E-state index is 0.129. The summed E-state index contributed by atoms with van der Waals surface area (Å²) in [5, 5.41) is 4.54. The molecule has 1 N–H and O–H groups in total. The van der Waals surface area contributed by atoms with Crippen molar-refractivity contribution in [3.05, 3.63) is 47.7 Å². The zero-order valence-corrected chi connectivity index (χ0v) is 17.8. The number of hydroxylamine groups is 1. The van der Waals surface area contributed by atoms with Crippen LogP contribution in [0.5, 0.6) is 0 Å². The number of nitrogens with one attached hydrogen (secondary N) is 1. The van der Waals surface area contributed by atoms with Crippen LogP contribution in [0.2, 0.25) is 0 Å². The van der Waals surface area contributed by atoms with E-state index >= 15 is 0 Å². The fourth-order valence-electron chi connectivity index (χ4n) is 4.21. The molecule has 2 aliphatic rings. The van der Waals surface area contributed by atoms with Crippen molar-refractivity contribution < 1.29 is 18.0 Å². The molecule has 0 radical (unpaired) electrons. The number of anilines is 2. The van der Waals surface area contributed by atoms with Crippen LogP contribution < -0.4 is 10.4 Å². The first-order chi connectivity index (χ1) is 14.8. The van der Waals surface area contributed by atoms with Gasteiger partial charge < -0.3 is 10.2 Å². The molecule has 3 heterocycles. The van der Waals surface area contributed by atoms with Gasteiger partial charge in [-0.2, -0.15) is 18.2 Å². The zero-order chi connectivity index (χ0) is 22.0.